The van der Waals surface area contributed by atoms with Crippen LogP contribution in [0.3, 0.4) is 0 Å². The summed E-state index contributed by atoms with van der Waals surface area (Å²) in [5.74, 6) is 0. The van der Waals surface area contributed by atoms with E-state index < -0.39 is 0 Å². The molecule has 0 aliphatic carbocycles. The molecular weight excluding hydrogens is 354 g/mol. The van der Waals surface area contributed by atoms with Gasteiger partial charge in [0, 0.05) is 70.9 Å². The van der Waals surface area contributed by atoms with Gasteiger partial charge < -0.3 is 0 Å². The molecule has 0 unspecified atom stereocenters. The van der Waals surface area contributed by atoms with Crippen LogP contribution in [0, 0.1) is 0 Å². The van der Waals surface area contributed by atoms with Crippen LogP contribution in [0.1, 0.15) is 13.8 Å². The van der Waals surface area contributed by atoms with Crippen LogP contribution in [-0.2, 0) is 0 Å². The van der Waals surface area contributed by atoms with E-state index in [4.69, 9.17) is 0 Å². The Hall–Kier alpha value is 1.38. The first-order chi connectivity index (χ1) is 4.61. The molecule has 1 saturated heterocycles. The zero-order valence-corrected chi connectivity index (χ0v) is 10.5. The van der Waals surface area contributed by atoms with E-state index in [0.717, 1.165) is 0 Å². The van der Waals surface area contributed by atoms with Crippen LogP contribution in [0.2, 0.25) is 0 Å². The second kappa shape index (κ2) is 3.86. The van der Waals surface area contributed by atoms with Gasteiger partial charge in [-0.3, -0.25) is 0 Å². The van der Waals surface area contributed by atoms with Crippen molar-refractivity contribution in [2.45, 2.75) is 25.9 Å². The minimum absolute atomic E-state index is 0.696. The van der Waals surface area contributed by atoms with E-state index in [-0.39, 0.29) is 0 Å². The Morgan fingerprint density at radius 1 is 1.10 bits per heavy atom. The van der Waals surface area contributed by atoms with Crippen molar-refractivity contribution < 1.29 is 0 Å². The molecule has 10 heavy (non-hydrogen) atoms. The summed E-state index contributed by atoms with van der Waals surface area (Å²) in [6.07, 6.45) is 0. The monoisotopic (exact) mass is 366 g/mol. The average Bonchev–Trinajstić information content (AvgIpc) is 1.82. The first-order valence-electron chi connectivity index (χ1n) is 3.46. The second-order valence-electron chi connectivity index (χ2n) is 2.87. The Bertz CT molecular complexity index is 108. The van der Waals surface area contributed by atoms with Gasteiger partial charge in [0.1, 0.15) is 0 Å². The molecule has 0 N–H and O–H groups in total. The molecule has 1 heterocycles. The van der Waals surface area contributed by atoms with Crippen LogP contribution < -0.4 is 0 Å². The van der Waals surface area contributed by atoms with Gasteiger partial charge >= 0.3 is 0 Å². The highest BCUT2D eigenvalue weighted by atomic mass is 127. The minimum atomic E-state index is 0.696. The number of halogens is 2. The van der Waals surface area contributed by atoms with Crippen LogP contribution in [0.15, 0.2) is 0 Å². The topological polar surface area (TPSA) is 6.48 Å². The number of hydrogen-bond acceptors (Lipinski definition) is 2. The summed E-state index contributed by atoms with van der Waals surface area (Å²) in [6, 6.07) is 1.39. The average molecular weight is 366 g/mol. The van der Waals surface area contributed by atoms with Crippen molar-refractivity contribution >= 4 is 45.7 Å². The summed E-state index contributed by atoms with van der Waals surface area (Å²) in [7, 11) is 0. The van der Waals surface area contributed by atoms with Crippen LogP contribution in [0.5, 0.6) is 0 Å². The summed E-state index contributed by atoms with van der Waals surface area (Å²) < 4.78 is 4.77. The Morgan fingerprint density at radius 3 is 1.90 bits per heavy atom. The molecule has 1 aliphatic rings. The van der Waals surface area contributed by atoms with Gasteiger partial charge in [0.2, 0.25) is 0 Å². The summed E-state index contributed by atoms with van der Waals surface area (Å²) in [5, 5.41) is 0. The molecule has 0 radical (unpaired) electrons. The molecule has 2 nitrogen and oxygen atoms in total. The molecule has 0 bridgehead atoms. The molecule has 4 heteroatoms. The normalized spacial score (nSPS) is 38.4. The summed E-state index contributed by atoms with van der Waals surface area (Å²) in [6.45, 7) is 6.92. The Labute approximate surface area is 90.3 Å². The largest absolute Gasteiger partial charge is 0.244 e. The van der Waals surface area contributed by atoms with Gasteiger partial charge in [-0.2, -0.15) is 0 Å². The number of hydrogen-bond donors (Lipinski definition) is 0. The van der Waals surface area contributed by atoms with Gasteiger partial charge in [-0.25, -0.2) is 6.23 Å². The Balaban J connectivity index is 2.49. The highest BCUT2D eigenvalue weighted by Gasteiger charge is 2.25. The highest BCUT2D eigenvalue weighted by molar-refractivity contribution is 14.1. The number of nitrogens with zero attached hydrogens (tertiary/aromatic N) is 2. The third-order valence-electron chi connectivity index (χ3n) is 1.77. The summed E-state index contributed by atoms with van der Waals surface area (Å²) in [5.41, 5.74) is 0. The molecule has 2 atom stereocenters. The maximum absolute atomic E-state index is 2.42. The van der Waals surface area contributed by atoms with Crippen molar-refractivity contribution in [2.75, 3.05) is 13.1 Å². The Morgan fingerprint density at radius 2 is 1.50 bits per heavy atom. The quantitative estimate of drug-likeness (QED) is 0.479. The van der Waals surface area contributed by atoms with Gasteiger partial charge in [-0.1, -0.05) is 0 Å². The molecule has 0 saturated carbocycles. The molecule has 1 aliphatic heterocycles. The van der Waals surface area contributed by atoms with Gasteiger partial charge in [-0.15, -0.1) is 0 Å². The van der Waals surface area contributed by atoms with Crippen molar-refractivity contribution in [1.82, 2.24) is 6.23 Å². The van der Waals surface area contributed by atoms with Crippen molar-refractivity contribution in [3.05, 3.63) is 0 Å². The van der Waals surface area contributed by atoms with E-state index >= 15 is 0 Å². The SMILES string of the molecule is C[C@H]1CN(I)C[C@H](C)N1I. The van der Waals surface area contributed by atoms with Gasteiger partial charge in [0.25, 0.3) is 0 Å². The van der Waals surface area contributed by atoms with Crippen LogP contribution >= 0.6 is 45.7 Å². The van der Waals surface area contributed by atoms with Crippen molar-refractivity contribution in [3.63, 3.8) is 0 Å². The van der Waals surface area contributed by atoms with Crippen molar-refractivity contribution in [1.29, 1.82) is 0 Å². The van der Waals surface area contributed by atoms with Gasteiger partial charge in [-0.05, 0) is 13.8 Å². The number of piperazine rings is 1. The van der Waals surface area contributed by atoms with Gasteiger partial charge in [0.05, 0.1) is 0 Å². The zero-order chi connectivity index (χ0) is 7.72. The van der Waals surface area contributed by atoms with E-state index in [9.17, 15) is 0 Å². The van der Waals surface area contributed by atoms with E-state index in [1.807, 2.05) is 0 Å². The lowest BCUT2D eigenvalue weighted by atomic mass is 10.2. The second-order valence-corrected chi connectivity index (χ2v) is 5.35. The Kier molecular flexibility index (Phi) is 3.66. The van der Waals surface area contributed by atoms with Crippen molar-refractivity contribution in [3.8, 4) is 0 Å². The predicted molar refractivity (Wildman–Crippen MR) is 60.4 cm³/mol. The van der Waals surface area contributed by atoms with E-state index in [1.165, 1.54) is 13.1 Å². The first kappa shape index (κ1) is 9.47. The predicted octanol–water partition coefficient (Wildman–Crippen LogP) is 2.08. The third-order valence-corrected chi connectivity index (χ3v) is 4.46. The van der Waals surface area contributed by atoms with Crippen LogP contribution in [-0.4, -0.2) is 31.4 Å². The number of rotatable bonds is 0. The smallest absolute Gasteiger partial charge is 0.0305 e. The molecule has 0 aromatic carbocycles. The van der Waals surface area contributed by atoms with E-state index in [1.54, 1.807) is 0 Å². The molecule has 0 aromatic heterocycles. The van der Waals surface area contributed by atoms with Crippen LogP contribution in [0.4, 0.5) is 0 Å². The van der Waals surface area contributed by atoms with Gasteiger partial charge in [0.15, 0.2) is 0 Å². The lowest BCUT2D eigenvalue weighted by Crippen LogP contribution is -2.48. The fraction of sp³-hybridized carbons (Fsp3) is 1.00. The maximum atomic E-state index is 2.42. The van der Waals surface area contributed by atoms with Crippen LogP contribution in [0.25, 0.3) is 0 Å². The standard InChI is InChI=1S/C6H12I2N2/c1-5-3-9(7)4-6(2)10(5)8/h5-6H,3-4H2,1-2H3/t5-,6-/m0/s1. The fourth-order valence-corrected chi connectivity index (χ4v) is 2.73. The van der Waals surface area contributed by atoms with E-state index in [0.29, 0.717) is 12.1 Å². The molecule has 0 aromatic rings. The molecule has 0 amide bonds. The zero-order valence-electron chi connectivity index (χ0n) is 6.22. The summed E-state index contributed by atoms with van der Waals surface area (Å²) >= 11 is 4.82. The molecular formula is C6H12I2N2. The molecule has 1 fully saturated rings. The minimum Gasteiger partial charge on any atom is -0.244 e. The van der Waals surface area contributed by atoms with E-state index in [2.05, 4.69) is 65.8 Å². The van der Waals surface area contributed by atoms with Crippen molar-refractivity contribution in [2.24, 2.45) is 0 Å². The molecule has 0 spiro atoms. The molecule has 1 rings (SSSR count). The summed E-state index contributed by atoms with van der Waals surface area (Å²) in [4.78, 5) is 0. The lowest BCUT2D eigenvalue weighted by molar-refractivity contribution is 0.213. The third kappa shape index (κ3) is 2.18. The first-order valence-corrected chi connectivity index (χ1v) is 5.39. The lowest BCUT2D eigenvalue weighted by Gasteiger charge is -2.37. The maximum Gasteiger partial charge on any atom is 0.0305 e. The fourth-order valence-electron chi connectivity index (χ4n) is 1.24. The highest BCUT2D eigenvalue weighted by Crippen LogP contribution is 2.21. The molecule has 60 valence electrons.